The van der Waals surface area contributed by atoms with Gasteiger partial charge >= 0.3 is 0 Å². The molecule has 1 aliphatic carbocycles. The summed E-state index contributed by atoms with van der Waals surface area (Å²) in [6.07, 6.45) is 6.23. The van der Waals surface area contributed by atoms with Crippen molar-refractivity contribution in [3.8, 4) is 0 Å². The van der Waals surface area contributed by atoms with Crippen molar-refractivity contribution in [2.45, 2.75) is 38.5 Å². The predicted molar refractivity (Wildman–Crippen MR) is 61.4 cm³/mol. The first kappa shape index (κ1) is 9.51. The Morgan fingerprint density at radius 1 is 1.21 bits per heavy atom. The van der Waals surface area contributed by atoms with Gasteiger partial charge in [-0.15, -0.1) is 0 Å². The zero-order valence-corrected chi connectivity index (χ0v) is 9.09. The predicted octanol–water partition coefficient (Wildman–Crippen LogP) is 4.07. The Hall–Kier alpha value is -1.04. The molecule has 0 radical (unpaired) electrons. The van der Waals surface area contributed by atoms with Gasteiger partial charge in [0.15, 0.2) is 0 Å². The van der Waals surface area contributed by atoms with Gasteiger partial charge in [-0.3, -0.25) is 0 Å². The van der Waals surface area contributed by atoms with Crippen LogP contribution in [-0.2, 0) is 5.41 Å². The topological polar surface area (TPSA) is 0 Å². The first-order valence-electron chi connectivity index (χ1n) is 5.48. The number of hydrogen-bond donors (Lipinski definition) is 0. The molecule has 0 amide bonds. The number of rotatable bonds is 1. The lowest BCUT2D eigenvalue weighted by Crippen LogP contribution is -2.19. The van der Waals surface area contributed by atoms with Crippen LogP contribution in [0.2, 0.25) is 0 Å². The van der Waals surface area contributed by atoms with Crippen molar-refractivity contribution < 1.29 is 0 Å². The average molecular weight is 186 g/mol. The molecule has 1 fully saturated rings. The molecule has 14 heavy (non-hydrogen) atoms. The van der Waals surface area contributed by atoms with E-state index in [-0.39, 0.29) is 0 Å². The van der Waals surface area contributed by atoms with Gasteiger partial charge in [0.05, 0.1) is 0 Å². The number of benzene rings is 1. The van der Waals surface area contributed by atoms with Crippen LogP contribution in [0.5, 0.6) is 0 Å². The van der Waals surface area contributed by atoms with Crippen molar-refractivity contribution in [3.63, 3.8) is 0 Å². The van der Waals surface area contributed by atoms with Crippen LogP contribution in [0.15, 0.2) is 42.0 Å². The molecular weight excluding hydrogens is 168 g/mol. The van der Waals surface area contributed by atoms with Crippen LogP contribution in [0.4, 0.5) is 0 Å². The van der Waals surface area contributed by atoms with Crippen LogP contribution in [0.25, 0.3) is 0 Å². The van der Waals surface area contributed by atoms with Crippen molar-refractivity contribution in [1.82, 2.24) is 0 Å². The van der Waals surface area contributed by atoms with Crippen molar-refractivity contribution in [2.75, 3.05) is 0 Å². The highest BCUT2D eigenvalue weighted by molar-refractivity contribution is 5.37. The van der Waals surface area contributed by atoms with Crippen molar-refractivity contribution in [3.05, 3.63) is 47.5 Å². The number of allylic oxidation sites excluding steroid dienone is 2. The smallest absolute Gasteiger partial charge is 0.0133 e. The van der Waals surface area contributed by atoms with E-state index in [2.05, 4.69) is 50.3 Å². The molecular formula is C14H18. The quantitative estimate of drug-likeness (QED) is 0.580. The maximum absolute atomic E-state index is 2.38. The minimum Gasteiger partial charge on any atom is -0.0876 e. The van der Waals surface area contributed by atoms with Crippen LogP contribution in [0.3, 0.4) is 0 Å². The van der Waals surface area contributed by atoms with Gasteiger partial charge < -0.3 is 0 Å². The van der Waals surface area contributed by atoms with Gasteiger partial charge in [-0.05, 0) is 31.7 Å². The lowest BCUT2D eigenvalue weighted by Gasteiger charge is -2.26. The molecule has 2 rings (SSSR count). The van der Waals surface area contributed by atoms with Crippen LogP contribution in [-0.4, -0.2) is 0 Å². The third kappa shape index (κ3) is 1.39. The number of hydrogen-bond acceptors (Lipinski definition) is 0. The molecule has 0 saturated heterocycles. The Morgan fingerprint density at radius 3 is 2.57 bits per heavy atom. The molecule has 0 nitrogen and oxygen atoms in total. The van der Waals surface area contributed by atoms with E-state index in [4.69, 9.17) is 0 Å². The zero-order chi connectivity index (χ0) is 10.0. The highest BCUT2D eigenvalue weighted by Crippen LogP contribution is 2.44. The summed E-state index contributed by atoms with van der Waals surface area (Å²) in [6.45, 7) is 4.55. The third-order valence-corrected chi connectivity index (χ3v) is 3.59. The maximum Gasteiger partial charge on any atom is 0.0133 e. The van der Waals surface area contributed by atoms with Gasteiger partial charge in [-0.1, -0.05) is 48.9 Å². The lowest BCUT2D eigenvalue weighted by atomic mass is 9.78. The summed E-state index contributed by atoms with van der Waals surface area (Å²) in [7, 11) is 0. The Labute approximate surface area is 86.7 Å². The highest BCUT2D eigenvalue weighted by Gasteiger charge is 2.34. The van der Waals surface area contributed by atoms with E-state index in [0.29, 0.717) is 5.41 Å². The summed E-state index contributed by atoms with van der Waals surface area (Å²) in [5.41, 5.74) is 3.41. The SMILES string of the molecule is C/C=C1\CCC[C@@]1(C)c1ccccc1. The van der Waals surface area contributed by atoms with E-state index in [0.717, 1.165) is 0 Å². The first-order valence-corrected chi connectivity index (χ1v) is 5.48. The monoisotopic (exact) mass is 186 g/mol. The minimum absolute atomic E-state index is 0.315. The van der Waals surface area contributed by atoms with E-state index in [9.17, 15) is 0 Å². The van der Waals surface area contributed by atoms with Crippen LogP contribution in [0.1, 0.15) is 38.7 Å². The maximum atomic E-state index is 2.38. The second-order valence-corrected chi connectivity index (χ2v) is 4.37. The summed E-state index contributed by atoms with van der Waals surface area (Å²) in [4.78, 5) is 0. The molecule has 1 aliphatic rings. The average Bonchev–Trinajstić information content (AvgIpc) is 2.62. The molecule has 0 N–H and O–H groups in total. The fourth-order valence-electron chi connectivity index (χ4n) is 2.67. The largest absolute Gasteiger partial charge is 0.0876 e. The second kappa shape index (κ2) is 3.61. The normalized spacial score (nSPS) is 29.7. The van der Waals surface area contributed by atoms with Gasteiger partial charge in [0.25, 0.3) is 0 Å². The summed E-state index contributed by atoms with van der Waals surface area (Å²) in [5.74, 6) is 0. The fourth-order valence-corrected chi connectivity index (χ4v) is 2.67. The van der Waals surface area contributed by atoms with E-state index in [1.165, 1.54) is 24.8 Å². The molecule has 1 aromatic rings. The van der Waals surface area contributed by atoms with Gasteiger partial charge in [0.1, 0.15) is 0 Å². The molecule has 0 heteroatoms. The Balaban J connectivity index is 2.42. The molecule has 1 aromatic carbocycles. The Bertz CT molecular complexity index is 334. The van der Waals surface area contributed by atoms with E-state index < -0.39 is 0 Å². The molecule has 1 saturated carbocycles. The van der Waals surface area contributed by atoms with Crippen LogP contribution in [0, 0.1) is 0 Å². The molecule has 0 heterocycles. The van der Waals surface area contributed by atoms with E-state index in [1.807, 2.05) is 0 Å². The first-order chi connectivity index (χ1) is 6.77. The minimum atomic E-state index is 0.315. The molecule has 1 atom stereocenters. The van der Waals surface area contributed by atoms with Crippen molar-refractivity contribution in [1.29, 1.82) is 0 Å². The Morgan fingerprint density at radius 2 is 1.93 bits per heavy atom. The summed E-state index contributed by atoms with van der Waals surface area (Å²) < 4.78 is 0. The van der Waals surface area contributed by atoms with Gasteiger partial charge in [0, 0.05) is 5.41 Å². The molecule has 0 spiro atoms. The summed E-state index contributed by atoms with van der Waals surface area (Å²) in [5, 5.41) is 0. The van der Waals surface area contributed by atoms with E-state index in [1.54, 1.807) is 5.57 Å². The lowest BCUT2D eigenvalue weighted by molar-refractivity contribution is 0.572. The standard InChI is InChI=1S/C14H18/c1-3-12-10-7-11-14(12,2)13-8-5-4-6-9-13/h3-6,8-9H,7,10-11H2,1-2H3/b12-3+/t14-/m1/s1. The highest BCUT2D eigenvalue weighted by atomic mass is 14.4. The molecule has 0 bridgehead atoms. The molecule has 0 aliphatic heterocycles. The van der Waals surface area contributed by atoms with Gasteiger partial charge in [-0.25, -0.2) is 0 Å². The summed E-state index contributed by atoms with van der Waals surface area (Å²) >= 11 is 0. The fraction of sp³-hybridized carbons (Fsp3) is 0.429. The van der Waals surface area contributed by atoms with Crippen LogP contribution >= 0.6 is 0 Å². The second-order valence-electron chi connectivity index (χ2n) is 4.37. The summed E-state index contributed by atoms with van der Waals surface area (Å²) in [6, 6.07) is 10.9. The van der Waals surface area contributed by atoms with Crippen molar-refractivity contribution in [2.24, 2.45) is 0 Å². The van der Waals surface area contributed by atoms with E-state index >= 15 is 0 Å². The molecule has 0 unspecified atom stereocenters. The van der Waals surface area contributed by atoms with Gasteiger partial charge in [-0.2, -0.15) is 0 Å². The van der Waals surface area contributed by atoms with Crippen LogP contribution < -0.4 is 0 Å². The van der Waals surface area contributed by atoms with Gasteiger partial charge in [0.2, 0.25) is 0 Å². The Kier molecular flexibility index (Phi) is 2.45. The zero-order valence-electron chi connectivity index (χ0n) is 9.09. The van der Waals surface area contributed by atoms with Crippen molar-refractivity contribution >= 4 is 0 Å². The molecule has 0 aromatic heterocycles. The molecule has 74 valence electrons. The third-order valence-electron chi connectivity index (χ3n) is 3.59.